The van der Waals surface area contributed by atoms with Gasteiger partial charge < -0.3 is 10.3 Å². The molecule has 0 saturated carbocycles. The van der Waals surface area contributed by atoms with Crippen LogP contribution >= 0.6 is 0 Å². The van der Waals surface area contributed by atoms with Crippen LogP contribution < -0.4 is 5.32 Å². The summed E-state index contributed by atoms with van der Waals surface area (Å²) in [5.74, 6) is 0.324. The number of carbonyl (C=O) groups is 2. The van der Waals surface area contributed by atoms with Gasteiger partial charge in [0.1, 0.15) is 11.6 Å². The van der Waals surface area contributed by atoms with Crippen LogP contribution in [0.4, 0.5) is 5.69 Å². The van der Waals surface area contributed by atoms with Gasteiger partial charge in [-0.3, -0.25) is 9.59 Å². The predicted molar refractivity (Wildman–Crippen MR) is 68.0 cm³/mol. The highest BCUT2D eigenvalue weighted by Gasteiger charge is 2.06. The van der Waals surface area contributed by atoms with Gasteiger partial charge in [0.25, 0.3) is 0 Å². The minimum Gasteiger partial charge on any atom is -0.345 e. The molecule has 5 heteroatoms. The van der Waals surface area contributed by atoms with E-state index in [2.05, 4.69) is 15.3 Å². The van der Waals surface area contributed by atoms with Crippen molar-refractivity contribution in [3.05, 3.63) is 36.7 Å². The largest absolute Gasteiger partial charge is 0.345 e. The summed E-state index contributed by atoms with van der Waals surface area (Å²) >= 11 is 0. The van der Waals surface area contributed by atoms with E-state index in [-0.39, 0.29) is 18.1 Å². The lowest BCUT2D eigenvalue weighted by Crippen LogP contribution is -2.14. The first-order chi connectivity index (χ1) is 8.65. The first kappa shape index (κ1) is 12.0. The molecule has 1 aromatic heterocycles. The van der Waals surface area contributed by atoms with Crippen molar-refractivity contribution >= 4 is 17.4 Å². The Hall–Kier alpha value is -2.43. The van der Waals surface area contributed by atoms with Gasteiger partial charge in [0, 0.05) is 23.6 Å². The lowest BCUT2D eigenvalue weighted by Gasteiger charge is -2.04. The van der Waals surface area contributed by atoms with Crippen molar-refractivity contribution < 1.29 is 9.59 Å². The van der Waals surface area contributed by atoms with Crippen molar-refractivity contribution in [3.63, 3.8) is 0 Å². The highest BCUT2D eigenvalue weighted by atomic mass is 16.2. The number of hydrogen-bond acceptors (Lipinski definition) is 3. The molecule has 0 bridgehead atoms. The molecule has 0 unspecified atom stereocenters. The molecular formula is C13H13N3O2. The standard InChI is InChI=1S/C13H13N3O2/c1-9(17)8-12(18)16-11-4-2-10(3-5-11)13-14-6-7-15-13/h2-7H,8H2,1H3,(H,14,15)(H,16,18). The maximum atomic E-state index is 11.4. The van der Waals surface area contributed by atoms with Gasteiger partial charge in [-0.25, -0.2) is 4.98 Å². The first-order valence-electron chi connectivity index (χ1n) is 5.54. The number of imidazole rings is 1. The summed E-state index contributed by atoms with van der Waals surface area (Å²) in [7, 11) is 0. The molecule has 2 N–H and O–H groups in total. The molecule has 1 aromatic carbocycles. The Morgan fingerprint density at radius 2 is 2.00 bits per heavy atom. The maximum absolute atomic E-state index is 11.4. The second-order valence-electron chi connectivity index (χ2n) is 3.94. The molecule has 0 spiro atoms. The van der Waals surface area contributed by atoms with Crippen LogP contribution in [0.1, 0.15) is 13.3 Å². The van der Waals surface area contributed by atoms with E-state index >= 15 is 0 Å². The molecular weight excluding hydrogens is 230 g/mol. The molecule has 18 heavy (non-hydrogen) atoms. The van der Waals surface area contributed by atoms with Gasteiger partial charge in [-0.05, 0) is 31.2 Å². The number of anilines is 1. The molecule has 2 rings (SSSR count). The monoisotopic (exact) mass is 243 g/mol. The molecule has 0 aliphatic rings. The number of Topliss-reactive ketones (excluding diaryl/α,β-unsaturated/α-hetero) is 1. The summed E-state index contributed by atoms with van der Waals surface area (Å²) in [5, 5.41) is 2.66. The fourth-order valence-corrected chi connectivity index (χ4v) is 1.57. The number of benzene rings is 1. The van der Waals surface area contributed by atoms with Crippen molar-refractivity contribution in [2.45, 2.75) is 13.3 Å². The molecule has 1 heterocycles. The second kappa shape index (κ2) is 5.27. The number of carbonyl (C=O) groups excluding carboxylic acids is 2. The number of nitrogens with one attached hydrogen (secondary N) is 2. The molecule has 2 aromatic rings. The van der Waals surface area contributed by atoms with Crippen molar-refractivity contribution in [2.24, 2.45) is 0 Å². The highest BCUT2D eigenvalue weighted by molar-refractivity contribution is 6.03. The summed E-state index contributed by atoms with van der Waals surface area (Å²) in [6.07, 6.45) is 3.33. The second-order valence-corrected chi connectivity index (χ2v) is 3.94. The van der Waals surface area contributed by atoms with E-state index in [4.69, 9.17) is 0 Å². The van der Waals surface area contributed by atoms with Gasteiger partial charge in [-0.2, -0.15) is 0 Å². The fraction of sp³-hybridized carbons (Fsp3) is 0.154. The number of aromatic amines is 1. The lowest BCUT2D eigenvalue weighted by molar-refractivity contribution is -0.124. The van der Waals surface area contributed by atoms with Gasteiger partial charge in [-0.1, -0.05) is 0 Å². The van der Waals surface area contributed by atoms with E-state index in [0.717, 1.165) is 11.4 Å². The van der Waals surface area contributed by atoms with Crippen molar-refractivity contribution in [1.82, 2.24) is 9.97 Å². The Morgan fingerprint density at radius 1 is 1.28 bits per heavy atom. The maximum Gasteiger partial charge on any atom is 0.231 e. The van der Waals surface area contributed by atoms with E-state index in [1.165, 1.54) is 6.92 Å². The van der Waals surface area contributed by atoms with Gasteiger partial charge in [-0.15, -0.1) is 0 Å². The number of aromatic nitrogens is 2. The molecule has 0 radical (unpaired) electrons. The zero-order valence-electron chi connectivity index (χ0n) is 9.93. The molecule has 0 fully saturated rings. The Labute approximate surface area is 104 Å². The van der Waals surface area contributed by atoms with Crippen LogP contribution in [-0.2, 0) is 9.59 Å². The zero-order valence-corrected chi connectivity index (χ0v) is 9.93. The van der Waals surface area contributed by atoms with Crippen molar-refractivity contribution in [2.75, 3.05) is 5.32 Å². The summed E-state index contributed by atoms with van der Waals surface area (Å²) in [6.45, 7) is 1.39. The minimum atomic E-state index is -0.298. The Morgan fingerprint density at radius 3 is 2.56 bits per heavy atom. The third-order valence-electron chi connectivity index (χ3n) is 2.35. The number of amides is 1. The molecule has 92 valence electrons. The molecule has 0 atom stereocenters. The van der Waals surface area contributed by atoms with E-state index in [1.54, 1.807) is 24.5 Å². The normalized spacial score (nSPS) is 10.1. The zero-order chi connectivity index (χ0) is 13.0. The number of rotatable bonds is 4. The average Bonchev–Trinajstić information content (AvgIpc) is 2.82. The van der Waals surface area contributed by atoms with Crippen molar-refractivity contribution in [1.29, 1.82) is 0 Å². The molecule has 1 amide bonds. The third-order valence-corrected chi connectivity index (χ3v) is 2.35. The van der Waals surface area contributed by atoms with Gasteiger partial charge in [0.15, 0.2) is 0 Å². The van der Waals surface area contributed by atoms with Crippen LogP contribution in [0, 0.1) is 0 Å². The Balaban J connectivity index is 2.04. The number of ketones is 1. The highest BCUT2D eigenvalue weighted by Crippen LogP contribution is 2.17. The van der Waals surface area contributed by atoms with Crippen LogP contribution in [-0.4, -0.2) is 21.7 Å². The van der Waals surface area contributed by atoms with Gasteiger partial charge in [0.05, 0.1) is 6.42 Å². The van der Waals surface area contributed by atoms with Crippen LogP contribution in [0.3, 0.4) is 0 Å². The molecule has 0 saturated heterocycles. The molecule has 0 aliphatic carbocycles. The van der Waals surface area contributed by atoms with E-state index < -0.39 is 0 Å². The van der Waals surface area contributed by atoms with Crippen LogP contribution in [0.2, 0.25) is 0 Å². The summed E-state index contributed by atoms with van der Waals surface area (Å²) in [6, 6.07) is 7.25. The summed E-state index contributed by atoms with van der Waals surface area (Å²) in [5.41, 5.74) is 1.60. The average molecular weight is 243 g/mol. The smallest absolute Gasteiger partial charge is 0.231 e. The SMILES string of the molecule is CC(=O)CC(=O)Nc1ccc(-c2ncc[nH]2)cc1. The predicted octanol–water partition coefficient (Wildman–Crippen LogP) is 1.99. The van der Waals surface area contributed by atoms with Crippen molar-refractivity contribution in [3.8, 4) is 11.4 Å². The summed E-state index contributed by atoms with van der Waals surface area (Å²) < 4.78 is 0. The van der Waals surface area contributed by atoms with Crippen LogP contribution in [0.25, 0.3) is 11.4 Å². The lowest BCUT2D eigenvalue weighted by atomic mass is 10.2. The third kappa shape index (κ3) is 3.04. The van der Waals surface area contributed by atoms with E-state index in [9.17, 15) is 9.59 Å². The van der Waals surface area contributed by atoms with Gasteiger partial charge >= 0.3 is 0 Å². The van der Waals surface area contributed by atoms with E-state index in [1.807, 2.05) is 12.1 Å². The molecule has 5 nitrogen and oxygen atoms in total. The van der Waals surface area contributed by atoms with E-state index in [0.29, 0.717) is 5.69 Å². The first-order valence-corrected chi connectivity index (χ1v) is 5.54. The quantitative estimate of drug-likeness (QED) is 0.806. The minimum absolute atomic E-state index is 0.0973. The topological polar surface area (TPSA) is 74.8 Å². The summed E-state index contributed by atoms with van der Waals surface area (Å²) in [4.78, 5) is 29.3. The molecule has 0 aliphatic heterocycles. The Kier molecular flexibility index (Phi) is 3.52. The van der Waals surface area contributed by atoms with Crippen LogP contribution in [0.5, 0.6) is 0 Å². The number of H-pyrrole nitrogens is 1. The van der Waals surface area contributed by atoms with Crippen LogP contribution in [0.15, 0.2) is 36.7 Å². The Bertz CT molecular complexity index is 544. The number of hydrogen-bond donors (Lipinski definition) is 2. The number of nitrogens with zero attached hydrogens (tertiary/aromatic N) is 1. The van der Waals surface area contributed by atoms with Gasteiger partial charge in [0.2, 0.25) is 5.91 Å². The fourth-order valence-electron chi connectivity index (χ4n) is 1.57.